The Labute approximate surface area is 55.7 Å². The number of terminal acetylenes is 1. The van der Waals surface area contributed by atoms with Gasteiger partial charge in [-0.3, -0.25) is 4.99 Å². The highest BCUT2D eigenvalue weighted by atomic mass is 14.8. The molecule has 0 bridgehead atoms. The molecule has 0 atom stereocenters. The van der Waals surface area contributed by atoms with E-state index in [1.807, 2.05) is 13.0 Å². The van der Waals surface area contributed by atoms with Gasteiger partial charge in [0.05, 0.1) is 6.54 Å². The summed E-state index contributed by atoms with van der Waals surface area (Å²) >= 11 is 0. The molecule has 1 N–H and O–H groups in total. The zero-order chi connectivity index (χ0) is 6.95. The van der Waals surface area contributed by atoms with Crippen molar-refractivity contribution < 1.29 is 0 Å². The molecular weight excluding hydrogens is 112 g/mol. The average molecular weight is 122 g/mol. The van der Waals surface area contributed by atoms with Crippen molar-refractivity contribution in [3.8, 4) is 12.5 Å². The van der Waals surface area contributed by atoms with Crippen LogP contribution in [0.1, 0.15) is 6.92 Å². The van der Waals surface area contributed by atoms with Crippen molar-refractivity contribution in [2.24, 2.45) is 4.99 Å². The standard InChI is InChI=1S/C7H10N2/c1-3-8-6-5-7-9-4-2/h1,4-6,8H,7H2,2H3/b6-5-,9-4?. The largest absolute Gasteiger partial charge is 0.322 e. The van der Waals surface area contributed by atoms with E-state index in [-0.39, 0.29) is 0 Å². The molecule has 0 unspecified atom stereocenters. The second-order valence-electron chi connectivity index (χ2n) is 1.31. The van der Waals surface area contributed by atoms with Gasteiger partial charge in [0.2, 0.25) is 0 Å². The van der Waals surface area contributed by atoms with Gasteiger partial charge in [-0.25, -0.2) is 0 Å². The highest BCUT2D eigenvalue weighted by Crippen LogP contribution is 1.69. The number of hydrogen-bond donors (Lipinski definition) is 1. The lowest BCUT2D eigenvalue weighted by Gasteiger charge is -1.81. The van der Waals surface area contributed by atoms with Gasteiger partial charge in [0.1, 0.15) is 0 Å². The van der Waals surface area contributed by atoms with Gasteiger partial charge in [0.25, 0.3) is 0 Å². The monoisotopic (exact) mass is 122 g/mol. The Balaban J connectivity index is 3.17. The summed E-state index contributed by atoms with van der Waals surface area (Å²) in [6.07, 6.45) is 10.2. The Morgan fingerprint density at radius 1 is 1.78 bits per heavy atom. The Bertz CT molecular complexity index is 139. The van der Waals surface area contributed by atoms with E-state index >= 15 is 0 Å². The molecule has 0 aliphatic heterocycles. The van der Waals surface area contributed by atoms with Gasteiger partial charge in [-0.2, -0.15) is 0 Å². The average Bonchev–Trinajstić information content (AvgIpc) is 1.89. The van der Waals surface area contributed by atoms with Gasteiger partial charge >= 0.3 is 0 Å². The van der Waals surface area contributed by atoms with Crippen LogP contribution in [0.5, 0.6) is 0 Å². The lowest BCUT2D eigenvalue weighted by atomic mass is 10.6. The van der Waals surface area contributed by atoms with Gasteiger partial charge in [-0.1, -0.05) is 6.42 Å². The first-order valence-electron chi connectivity index (χ1n) is 2.72. The summed E-state index contributed by atoms with van der Waals surface area (Å²) in [5.41, 5.74) is 0. The first-order valence-corrected chi connectivity index (χ1v) is 2.72. The minimum Gasteiger partial charge on any atom is -0.322 e. The zero-order valence-electron chi connectivity index (χ0n) is 5.46. The summed E-state index contributed by atoms with van der Waals surface area (Å²) in [6.45, 7) is 2.56. The predicted molar refractivity (Wildman–Crippen MR) is 40.1 cm³/mol. The van der Waals surface area contributed by atoms with E-state index in [0.717, 1.165) is 0 Å². The molecule has 0 saturated carbocycles. The van der Waals surface area contributed by atoms with E-state index in [2.05, 4.69) is 16.4 Å². The van der Waals surface area contributed by atoms with Crippen LogP contribution in [0.2, 0.25) is 0 Å². The molecule has 0 fully saturated rings. The number of rotatable bonds is 3. The van der Waals surface area contributed by atoms with E-state index in [9.17, 15) is 0 Å². The molecule has 0 aromatic carbocycles. The van der Waals surface area contributed by atoms with Gasteiger partial charge < -0.3 is 5.32 Å². The van der Waals surface area contributed by atoms with Gasteiger partial charge in [-0.15, -0.1) is 0 Å². The summed E-state index contributed by atoms with van der Waals surface area (Å²) in [5.74, 6) is 0. The number of nitrogens with one attached hydrogen (secondary N) is 1. The topological polar surface area (TPSA) is 24.4 Å². The van der Waals surface area contributed by atoms with Crippen LogP contribution >= 0.6 is 0 Å². The third-order valence-electron chi connectivity index (χ3n) is 0.678. The maximum absolute atomic E-state index is 4.89. The SMILES string of the molecule is C#CN/C=C\CN=CC. The summed E-state index contributed by atoms with van der Waals surface area (Å²) in [4.78, 5) is 3.92. The number of hydrogen-bond acceptors (Lipinski definition) is 2. The van der Waals surface area contributed by atoms with Gasteiger partial charge in [-0.05, 0) is 19.2 Å². The lowest BCUT2D eigenvalue weighted by molar-refractivity contribution is 1.19. The van der Waals surface area contributed by atoms with E-state index in [0.29, 0.717) is 6.54 Å². The van der Waals surface area contributed by atoms with Crippen LogP contribution in [0.4, 0.5) is 0 Å². The van der Waals surface area contributed by atoms with Crippen LogP contribution in [-0.4, -0.2) is 12.8 Å². The minimum atomic E-state index is 0.686. The molecule has 48 valence electrons. The maximum Gasteiger partial charge on any atom is 0.0583 e. The fourth-order valence-corrected chi connectivity index (χ4v) is 0.326. The van der Waals surface area contributed by atoms with Crippen molar-refractivity contribution in [2.45, 2.75) is 6.92 Å². The summed E-state index contributed by atoms with van der Waals surface area (Å²) < 4.78 is 0. The van der Waals surface area contributed by atoms with E-state index in [1.54, 1.807) is 12.4 Å². The quantitative estimate of drug-likeness (QED) is 0.334. The summed E-state index contributed by atoms with van der Waals surface area (Å²) in [5, 5.41) is 2.58. The third-order valence-corrected chi connectivity index (χ3v) is 0.678. The predicted octanol–water partition coefficient (Wildman–Crippen LogP) is 0.771. The van der Waals surface area contributed by atoms with E-state index in [4.69, 9.17) is 6.42 Å². The first-order chi connectivity index (χ1) is 4.41. The van der Waals surface area contributed by atoms with Crippen LogP contribution in [-0.2, 0) is 0 Å². The number of nitrogens with zero attached hydrogens (tertiary/aromatic N) is 1. The van der Waals surface area contributed by atoms with Crippen molar-refractivity contribution in [1.29, 1.82) is 0 Å². The Kier molecular flexibility index (Phi) is 5.84. The lowest BCUT2D eigenvalue weighted by Crippen LogP contribution is -1.90. The van der Waals surface area contributed by atoms with Crippen molar-refractivity contribution in [1.82, 2.24) is 5.32 Å². The molecule has 0 heterocycles. The highest BCUT2D eigenvalue weighted by molar-refractivity contribution is 5.53. The number of aliphatic imine (C=N–C) groups is 1. The molecule has 2 heteroatoms. The molecule has 0 radical (unpaired) electrons. The summed E-state index contributed by atoms with van der Waals surface area (Å²) in [7, 11) is 0. The molecule has 0 aliphatic rings. The zero-order valence-corrected chi connectivity index (χ0v) is 5.46. The molecule has 2 nitrogen and oxygen atoms in total. The maximum atomic E-state index is 4.89. The summed E-state index contributed by atoms with van der Waals surface area (Å²) in [6, 6.07) is 2.26. The molecular formula is C7H10N2. The fraction of sp³-hybridized carbons (Fsp3) is 0.286. The van der Waals surface area contributed by atoms with Gasteiger partial charge in [0.15, 0.2) is 0 Å². The molecule has 0 aromatic heterocycles. The molecule has 0 spiro atoms. The second kappa shape index (κ2) is 6.77. The first kappa shape index (κ1) is 7.77. The van der Waals surface area contributed by atoms with Gasteiger partial charge in [0, 0.05) is 12.2 Å². The third kappa shape index (κ3) is 6.77. The van der Waals surface area contributed by atoms with Crippen molar-refractivity contribution >= 4 is 6.21 Å². The molecule has 0 saturated heterocycles. The molecule has 0 amide bonds. The van der Waals surface area contributed by atoms with Crippen molar-refractivity contribution in [2.75, 3.05) is 6.54 Å². The van der Waals surface area contributed by atoms with Crippen molar-refractivity contribution in [3.63, 3.8) is 0 Å². The van der Waals surface area contributed by atoms with E-state index < -0.39 is 0 Å². The normalized spacial score (nSPS) is 10.2. The molecule has 9 heavy (non-hydrogen) atoms. The van der Waals surface area contributed by atoms with Crippen LogP contribution in [0.25, 0.3) is 0 Å². The van der Waals surface area contributed by atoms with Crippen molar-refractivity contribution in [3.05, 3.63) is 12.3 Å². The Morgan fingerprint density at radius 2 is 2.56 bits per heavy atom. The van der Waals surface area contributed by atoms with Crippen LogP contribution in [0.3, 0.4) is 0 Å². The van der Waals surface area contributed by atoms with E-state index in [1.165, 1.54) is 0 Å². The molecule has 0 aromatic rings. The van der Waals surface area contributed by atoms with Crippen LogP contribution in [0.15, 0.2) is 17.3 Å². The second-order valence-corrected chi connectivity index (χ2v) is 1.31. The Hall–Kier alpha value is -1.23. The fourth-order valence-electron chi connectivity index (χ4n) is 0.326. The minimum absolute atomic E-state index is 0.686. The smallest absolute Gasteiger partial charge is 0.0583 e. The Morgan fingerprint density at radius 3 is 3.11 bits per heavy atom. The van der Waals surface area contributed by atoms with Crippen LogP contribution in [0, 0.1) is 12.5 Å². The van der Waals surface area contributed by atoms with Crippen LogP contribution < -0.4 is 5.32 Å². The highest BCUT2D eigenvalue weighted by Gasteiger charge is 1.65. The molecule has 0 aliphatic carbocycles. The molecule has 0 rings (SSSR count).